The van der Waals surface area contributed by atoms with Crippen LogP contribution >= 0.6 is 11.8 Å². The van der Waals surface area contributed by atoms with Crippen molar-refractivity contribution in [3.8, 4) is 0 Å². The number of thioether (sulfide) groups is 1. The molecule has 3 rings (SSSR count). The van der Waals surface area contributed by atoms with Gasteiger partial charge in [-0.2, -0.15) is 0 Å². The highest BCUT2D eigenvalue weighted by atomic mass is 32.2. The van der Waals surface area contributed by atoms with Crippen LogP contribution in [0.25, 0.3) is 0 Å². The van der Waals surface area contributed by atoms with Gasteiger partial charge in [-0.15, -0.1) is 5.10 Å². The van der Waals surface area contributed by atoms with E-state index in [4.69, 9.17) is 0 Å². The number of rotatable bonds is 8. The van der Waals surface area contributed by atoms with Gasteiger partial charge in [-0.3, -0.25) is 4.79 Å². The SMILES string of the molecule is O=C(CSc1nnnn1CCNC1CC1)NC1CCCC1. The largest absolute Gasteiger partial charge is 0.353 e. The molecule has 0 bridgehead atoms. The average molecular weight is 310 g/mol. The van der Waals surface area contributed by atoms with E-state index in [0.29, 0.717) is 23.0 Å². The number of tetrazole rings is 1. The minimum absolute atomic E-state index is 0.0811. The number of carbonyl (C=O) groups is 1. The molecule has 2 saturated carbocycles. The number of amides is 1. The molecule has 1 amide bonds. The minimum Gasteiger partial charge on any atom is -0.353 e. The highest BCUT2D eigenvalue weighted by molar-refractivity contribution is 7.99. The van der Waals surface area contributed by atoms with E-state index in [9.17, 15) is 4.79 Å². The first-order valence-corrected chi connectivity index (χ1v) is 8.71. The second kappa shape index (κ2) is 7.22. The van der Waals surface area contributed by atoms with E-state index < -0.39 is 0 Å². The zero-order chi connectivity index (χ0) is 14.5. The maximum Gasteiger partial charge on any atom is 0.230 e. The molecule has 1 aromatic rings. The molecule has 7 nitrogen and oxygen atoms in total. The normalized spacial score (nSPS) is 19.0. The molecule has 1 heterocycles. The molecule has 116 valence electrons. The highest BCUT2D eigenvalue weighted by Crippen LogP contribution is 2.19. The zero-order valence-electron chi connectivity index (χ0n) is 12.1. The molecule has 0 radical (unpaired) electrons. The third-order valence-corrected chi connectivity index (χ3v) is 4.84. The van der Waals surface area contributed by atoms with Crippen LogP contribution in [0.3, 0.4) is 0 Å². The minimum atomic E-state index is 0.0811. The van der Waals surface area contributed by atoms with Crippen molar-refractivity contribution in [2.24, 2.45) is 0 Å². The second-order valence-corrected chi connectivity index (χ2v) is 6.69. The maximum atomic E-state index is 11.9. The van der Waals surface area contributed by atoms with Crippen LogP contribution in [-0.2, 0) is 11.3 Å². The lowest BCUT2D eigenvalue weighted by Crippen LogP contribution is -2.33. The van der Waals surface area contributed by atoms with Gasteiger partial charge < -0.3 is 10.6 Å². The van der Waals surface area contributed by atoms with Gasteiger partial charge in [0.15, 0.2) is 0 Å². The molecule has 0 saturated heterocycles. The van der Waals surface area contributed by atoms with Crippen molar-refractivity contribution in [2.75, 3.05) is 12.3 Å². The van der Waals surface area contributed by atoms with E-state index in [0.717, 1.165) is 25.9 Å². The van der Waals surface area contributed by atoms with Crippen molar-refractivity contribution in [2.45, 2.75) is 62.3 Å². The van der Waals surface area contributed by atoms with Gasteiger partial charge in [-0.25, -0.2) is 4.68 Å². The van der Waals surface area contributed by atoms with Crippen LogP contribution in [-0.4, -0.2) is 50.5 Å². The van der Waals surface area contributed by atoms with E-state index in [1.165, 1.54) is 37.4 Å². The fourth-order valence-corrected chi connectivity index (χ4v) is 3.29. The summed E-state index contributed by atoms with van der Waals surface area (Å²) in [7, 11) is 0. The molecule has 0 spiro atoms. The molecule has 0 unspecified atom stereocenters. The molecule has 0 aliphatic heterocycles. The van der Waals surface area contributed by atoms with E-state index in [-0.39, 0.29) is 5.91 Å². The van der Waals surface area contributed by atoms with Crippen LogP contribution in [0, 0.1) is 0 Å². The van der Waals surface area contributed by atoms with Gasteiger partial charge in [0.05, 0.1) is 12.3 Å². The Balaban J connectivity index is 1.39. The predicted molar refractivity (Wildman–Crippen MR) is 80.0 cm³/mol. The Bertz CT molecular complexity index is 469. The maximum absolute atomic E-state index is 11.9. The van der Waals surface area contributed by atoms with Crippen molar-refractivity contribution >= 4 is 17.7 Å². The third kappa shape index (κ3) is 4.67. The lowest BCUT2D eigenvalue weighted by atomic mass is 10.2. The summed E-state index contributed by atoms with van der Waals surface area (Å²) in [5, 5.41) is 18.9. The molecule has 2 N–H and O–H groups in total. The van der Waals surface area contributed by atoms with Crippen molar-refractivity contribution in [1.29, 1.82) is 0 Å². The monoisotopic (exact) mass is 310 g/mol. The second-order valence-electron chi connectivity index (χ2n) is 5.75. The van der Waals surface area contributed by atoms with Crippen molar-refractivity contribution in [3.05, 3.63) is 0 Å². The summed E-state index contributed by atoms with van der Waals surface area (Å²) < 4.78 is 1.77. The van der Waals surface area contributed by atoms with Gasteiger partial charge in [0.25, 0.3) is 0 Å². The lowest BCUT2D eigenvalue weighted by molar-refractivity contribution is -0.119. The summed E-state index contributed by atoms with van der Waals surface area (Å²) in [6.07, 6.45) is 7.23. The summed E-state index contributed by atoms with van der Waals surface area (Å²) in [4.78, 5) is 11.9. The van der Waals surface area contributed by atoms with Crippen molar-refractivity contribution < 1.29 is 4.79 Å². The number of aromatic nitrogens is 4. The summed E-state index contributed by atoms with van der Waals surface area (Å²) in [6.45, 7) is 1.62. The first-order valence-electron chi connectivity index (χ1n) is 7.73. The highest BCUT2D eigenvalue weighted by Gasteiger charge is 2.20. The van der Waals surface area contributed by atoms with Crippen LogP contribution < -0.4 is 10.6 Å². The predicted octanol–water partition coefficient (Wildman–Crippen LogP) is 0.576. The smallest absolute Gasteiger partial charge is 0.230 e. The lowest BCUT2D eigenvalue weighted by Gasteiger charge is -2.11. The number of carbonyl (C=O) groups excluding carboxylic acids is 1. The van der Waals surface area contributed by atoms with Gasteiger partial charge >= 0.3 is 0 Å². The Morgan fingerprint density at radius 1 is 1.24 bits per heavy atom. The molecule has 21 heavy (non-hydrogen) atoms. The van der Waals surface area contributed by atoms with E-state index in [2.05, 4.69) is 26.2 Å². The van der Waals surface area contributed by atoms with Crippen LogP contribution in [0.2, 0.25) is 0 Å². The molecule has 8 heteroatoms. The standard InChI is InChI=1S/C13H22N6OS/c20-12(15-11-3-1-2-4-11)9-21-13-16-17-18-19(13)8-7-14-10-5-6-10/h10-11,14H,1-9H2,(H,15,20). The van der Waals surface area contributed by atoms with Crippen LogP contribution in [0.5, 0.6) is 0 Å². The Morgan fingerprint density at radius 3 is 2.81 bits per heavy atom. The van der Waals surface area contributed by atoms with Crippen molar-refractivity contribution in [3.63, 3.8) is 0 Å². The van der Waals surface area contributed by atoms with Gasteiger partial charge in [-0.1, -0.05) is 24.6 Å². The zero-order valence-corrected chi connectivity index (χ0v) is 12.9. The Morgan fingerprint density at radius 2 is 2.05 bits per heavy atom. The summed E-state index contributed by atoms with van der Waals surface area (Å²) >= 11 is 1.41. The molecule has 0 aromatic carbocycles. The third-order valence-electron chi connectivity index (χ3n) is 3.89. The van der Waals surface area contributed by atoms with E-state index in [1.54, 1.807) is 4.68 Å². The number of hydrogen-bond donors (Lipinski definition) is 2. The average Bonchev–Trinajstić information content (AvgIpc) is 2.97. The van der Waals surface area contributed by atoms with Gasteiger partial charge in [-0.05, 0) is 36.1 Å². The summed E-state index contributed by atoms with van der Waals surface area (Å²) in [6, 6.07) is 1.06. The number of nitrogens with zero attached hydrogens (tertiary/aromatic N) is 4. The fourth-order valence-electron chi connectivity index (χ4n) is 2.57. The van der Waals surface area contributed by atoms with Gasteiger partial charge in [0.2, 0.25) is 11.1 Å². The Labute approximate surface area is 128 Å². The van der Waals surface area contributed by atoms with Gasteiger partial charge in [0, 0.05) is 18.6 Å². The Kier molecular flexibility index (Phi) is 5.08. The number of hydrogen-bond acceptors (Lipinski definition) is 6. The van der Waals surface area contributed by atoms with E-state index >= 15 is 0 Å². The molecule has 2 fully saturated rings. The molecule has 1 aromatic heterocycles. The first-order chi connectivity index (χ1) is 10.3. The van der Waals surface area contributed by atoms with Crippen molar-refractivity contribution in [1.82, 2.24) is 30.8 Å². The fraction of sp³-hybridized carbons (Fsp3) is 0.846. The number of nitrogens with one attached hydrogen (secondary N) is 2. The molecule has 2 aliphatic carbocycles. The van der Waals surface area contributed by atoms with Crippen LogP contribution in [0.15, 0.2) is 5.16 Å². The molecule has 0 atom stereocenters. The molecular weight excluding hydrogens is 288 g/mol. The van der Waals surface area contributed by atoms with Gasteiger partial charge in [0.1, 0.15) is 0 Å². The van der Waals surface area contributed by atoms with E-state index in [1.807, 2.05) is 0 Å². The van der Waals surface area contributed by atoms with Crippen LogP contribution in [0.1, 0.15) is 38.5 Å². The summed E-state index contributed by atoms with van der Waals surface area (Å²) in [5.74, 6) is 0.463. The first kappa shape index (κ1) is 14.8. The molecular formula is C13H22N6OS. The topological polar surface area (TPSA) is 84.7 Å². The Hall–Kier alpha value is -1.15. The molecule has 2 aliphatic rings. The quantitative estimate of drug-likeness (QED) is 0.683. The van der Waals surface area contributed by atoms with Crippen LogP contribution in [0.4, 0.5) is 0 Å². The summed E-state index contributed by atoms with van der Waals surface area (Å²) in [5.41, 5.74) is 0.